The molecule has 0 bridgehead atoms. The van der Waals surface area contributed by atoms with E-state index >= 15 is 0 Å². The summed E-state index contributed by atoms with van der Waals surface area (Å²) in [7, 11) is 0. The second kappa shape index (κ2) is 5.33. The second-order valence-corrected chi connectivity index (χ2v) is 6.29. The molecular formula is C16H16N2O2S. The number of carboxylic acid groups (broad SMARTS) is 1. The number of aryl methyl sites for hydroxylation is 1. The van der Waals surface area contributed by atoms with Crippen molar-refractivity contribution in [1.82, 2.24) is 0 Å². The van der Waals surface area contributed by atoms with Crippen molar-refractivity contribution in [2.45, 2.75) is 20.3 Å². The number of anilines is 2. The molecule has 0 atom stereocenters. The first-order valence-electron chi connectivity index (χ1n) is 6.80. The third-order valence-corrected chi connectivity index (χ3v) is 4.55. The van der Waals surface area contributed by atoms with Crippen LogP contribution in [0.25, 0.3) is 0 Å². The van der Waals surface area contributed by atoms with E-state index in [2.05, 4.69) is 17.9 Å². The zero-order valence-corrected chi connectivity index (χ0v) is 12.8. The number of para-hydroxylation sites is 2. The zero-order chi connectivity index (χ0) is 15.0. The molecule has 1 N–H and O–H groups in total. The minimum atomic E-state index is -0.788. The van der Waals surface area contributed by atoms with Crippen LogP contribution in [0.3, 0.4) is 0 Å². The Bertz CT molecular complexity index is 734. The second-order valence-electron chi connectivity index (χ2n) is 5.06. The number of thiophene rings is 1. The minimum absolute atomic E-state index is 0.101. The van der Waals surface area contributed by atoms with Crippen LogP contribution in [0.2, 0.25) is 0 Å². The SMILES string of the molecule is CC1=Nc2ccccc2N(CCC(=O)O)c2sc(C)cc21. The van der Waals surface area contributed by atoms with Crippen molar-refractivity contribution < 1.29 is 9.90 Å². The van der Waals surface area contributed by atoms with E-state index in [9.17, 15) is 4.79 Å². The number of fused-ring (bicyclic) bond motifs is 2. The summed E-state index contributed by atoms with van der Waals surface area (Å²) < 4.78 is 0. The van der Waals surface area contributed by atoms with Gasteiger partial charge in [0.15, 0.2) is 0 Å². The maximum atomic E-state index is 11.0. The largest absolute Gasteiger partial charge is 0.481 e. The normalized spacial score (nSPS) is 13.2. The predicted molar refractivity (Wildman–Crippen MR) is 86.6 cm³/mol. The van der Waals surface area contributed by atoms with E-state index in [4.69, 9.17) is 10.1 Å². The first-order valence-corrected chi connectivity index (χ1v) is 7.62. The Morgan fingerprint density at radius 2 is 2.10 bits per heavy atom. The molecule has 0 saturated heterocycles. The summed E-state index contributed by atoms with van der Waals surface area (Å²) in [4.78, 5) is 19.0. The highest BCUT2D eigenvalue weighted by atomic mass is 32.1. The quantitative estimate of drug-likeness (QED) is 0.927. The van der Waals surface area contributed by atoms with Gasteiger partial charge < -0.3 is 10.0 Å². The number of hydrogen-bond acceptors (Lipinski definition) is 4. The van der Waals surface area contributed by atoms with Gasteiger partial charge in [0.1, 0.15) is 5.00 Å². The van der Waals surface area contributed by atoms with Crippen LogP contribution in [0.15, 0.2) is 35.3 Å². The van der Waals surface area contributed by atoms with Crippen molar-refractivity contribution >= 4 is 39.4 Å². The van der Waals surface area contributed by atoms with E-state index in [1.807, 2.05) is 31.2 Å². The Kier molecular flexibility index (Phi) is 3.51. The van der Waals surface area contributed by atoms with Gasteiger partial charge in [0.2, 0.25) is 0 Å². The summed E-state index contributed by atoms with van der Waals surface area (Å²) in [6.45, 7) is 4.51. The zero-order valence-electron chi connectivity index (χ0n) is 12.0. The van der Waals surface area contributed by atoms with E-state index in [0.717, 1.165) is 27.7 Å². The molecule has 0 saturated carbocycles. The summed E-state index contributed by atoms with van der Waals surface area (Å²) in [5, 5.41) is 10.1. The number of rotatable bonds is 3. The van der Waals surface area contributed by atoms with Gasteiger partial charge in [-0.05, 0) is 32.0 Å². The molecule has 0 aliphatic carbocycles. The van der Waals surface area contributed by atoms with Gasteiger partial charge in [-0.1, -0.05) is 12.1 Å². The smallest absolute Gasteiger partial charge is 0.305 e. The maximum absolute atomic E-state index is 11.0. The molecule has 1 aliphatic heterocycles. The van der Waals surface area contributed by atoms with Crippen molar-refractivity contribution in [2.24, 2.45) is 4.99 Å². The molecular weight excluding hydrogens is 284 g/mol. The Morgan fingerprint density at radius 1 is 1.33 bits per heavy atom. The fourth-order valence-corrected chi connectivity index (χ4v) is 3.63. The Morgan fingerprint density at radius 3 is 2.86 bits per heavy atom. The summed E-state index contributed by atoms with van der Waals surface area (Å²) in [6, 6.07) is 10.0. The average molecular weight is 300 g/mol. The van der Waals surface area contributed by atoms with Gasteiger partial charge in [-0.15, -0.1) is 11.3 Å². The van der Waals surface area contributed by atoms with Crippen LogP contribution < -0.4 is 4.90 Å². The van der Waals surface area contributed by atoms with E-state index < -0.39 is 5.97 Å². The summed E-state index contributed by atoms with van der Waals surface area (Å²) in [5.41, 5.74) is 3.93. The molecule has 21 heavy (non-hydrogen) atoms. The molecule has 2 heterocycles. The third-order valence-electron chi connectivity index (χ3n) is 3.48. The molecule has 0 spiro atoms. The molecule has 1 aliphatic rings. The molecule has 108 valence electrons. The van der Waals surface area contributed by atoms with Gasteiger partial charge in [0.05, 0.1) is 17.8 Å². The molecule has 1 aromatic carbocycles. The van der Waals surface area contributed by atoms with Crippen molar-refractivity contribution in [1.29, 1.82) is 0 Å². The van der Waals surface area contributed by atoms with Gasteiger partial charge in [-0.25, -0.2) is 0 Å². The summed E-state index contributed by atoms with van der Waals surface area (Å²) in [6.07, 6.45) is 0.101. The van der Waals surface area contributed by atoms with Crippen molar-refractivity contribution in [3.63, 3.8) is 0 Å². The van der Waals surface area contributed by atoms with Gasteiger partial charge in [0, 0.05) is 22.7 Å². The Balaban J connectivity index is 2.15. The number of carbonyl (C=O) groups is 1. The molecule has 5 heteroatoms. The highest BCUT2D eigenvalue weighted by Gasteiger charge is 2.23. The van der Waals surface area contributed by atoms with Gasteiger partial charge in [-0.2, -0.15) is 0 Å². The average Bonchev–Trinajstić information content (AvgIpc) is 2.78. The topological polar surface area (TPSA) is 52.9 Å². The maximum Gasteiger partial charge on any atom is 0.305 e. The third kappa shape index (κ3) is 2.56. The van der Waals surface area contributed by atoms with Gasteiger partial charge >= 0.3 is 5.97 Å². The first-order chi connectivity index (χ1) is 10.1. The number of aliphatic imine (C=N–C) groups is 1. The molecule has 4 nitrogen and oxygen atoms in total. The molecule has 3 rings (SSSR count). The molecule has 0 unspecified atom stereocenters. The molecule has 1 aromatic heterocycles. The number of benzene rings is 1. The van der Waals surface area contributed by atoms with E-state index in [1.165, 1.54) is 4.88 Å². The van der Waals surface area contributed by atoms with Crippen LogP contribution in [0.4, 0.5) is 16.4 Å². The fraction of sp³-hybridized carbons (Fsp3) is 0.250. The summed E-state index contributed by atoms with van der Waals surface area (Å²) in [5.74, 6) is -0.788. The lowest BCUT2D eigenvalue weighted by molar-refractivity contribution is -0.136. The fourth-order valence-electron chi connectivity index (χ4n) is 2.53. The van der Waals surface area contributed by atoms with E-state index in [0.29, 0.717) is 6.54 Å². The van der Waals surface area contributed by atoms with Crippen LogP contribution in [-0.2, 0) is 4.79 Å². The number of aliphatic carboxylic acids is 1. The molecule has 2 aromatic rings. The van der Waals surface area contributed by atoms with Crippen LogP contribution in [0, 0.1) is 6.92 Å². The number of nitrogens with zero attached hydrogens (tertiary/aromatic N) is 2. The van der Waals surface area contributed by atoms with Crippen LogP contribution in [0.1, 0.15) is 23.8 Å². The van der Waals surface area contributed by atoms with Crippen LogP contribution in [0.5, 0.6) is 0 Å². The molecule has 0 amide bonds. The Hall–Kier alpha value is -2.14. The van der Waals surface area contributed by atoms with Gasteiger partial charge in [0.25, 0.3) is 0 Å². The standard InChI is InChI=1S/C16H16N2O2S/c1-10-9-12-11(2)17-13-5-3-4-6-14(13)18(16(12)21-10)8-7-15(19)20/h3-6,9H,7-8H2,1-2H3,(H,19,20). The monoisotopic (exact) mass is 300 g/mol. The van der Waals surface area contributed by atoms with Gasteiger partial charge in [-0.3, -0.25) is 9.79 Å². The number of carboxylic acids is 1. The highest BCUT2D eigenvalue weighted by Crippen LogP contribution is 2.43. The van der Waals surface area contributed by atoms with Crippen LogP contribution in [-0.4, -0.2) is 23.3 Å². The summed E-state index contributed by atoms with van der Waals surface area (Å²) >= 11 is 1.68. The lowest BCUT2D eigenvalue weighted by Crippen LogP contribution is -2.20. The van der Waals surface area contributed by atoms with E-state index in [-0.39, 0.29) is 6.42 Å². The predicted octanol–water partition coefficient (Wildman–Crippen LogP) is 4.12. The lowest BCUT2D eigenvalue weighted by Gasteiger charge is -2.23. The van der Waals surface area contributed by atoms with Crippen molar-refractivity contribution in [2.75, 3.05) is 11.4 Å². The molecule has 0 fully saturated rings. The Labute approximate surface area is 127 Å². The lowest BCUT2D eigenvalue weighted by atomic mass is 10.2. The highest BCUT2D eigenvalue weighted by molar-refractivity contribution is 7.16. The number of hydrogen-bond donors (Lipinski definition) is 1. The van der Waals surface area contributed by atoms with Crippen molar-refractivity contribution in [3.05, 3.63) is 40.8 Å². The van der Waals surface area contributed by atoms with E-state index in [1.54, 1.807) is 11.3 Å². The molecule has 0 radical (unpaired) electrons. The van der Waals surface area contributed by atoms with Crippen molar-refractivity contribution in [3.8, 4) is 0 Å². The minimum Gasteiger partial charge on any atom is -0.481 e. The van der Waals surface area contributed by atoms with Crippen LogP contribution >= 0.6 is 11.3 Å². The first kappa shape index (κ1) is 13.8.